The Hall–Kier alpha value is -1.19. The maximum Gasteiger partial charge on any atom is 0.171 e. The van der Waals surface area contributed by atoms with Crippen LogP contribution in [0.3, 0.4) is 0 Å². The van der Waals surface area contributed by atoms with Gasteiger partial charge in [0.1, 0.15) is 5.69 Å². The summed E-state index contributed by atoms with van der Waals surface area (Å²) in [5.41, 5.74) is 0.415. The van der Waals surface area contributed by atoms with Gasteiger partial charge in [-0.15, -0.1) is 5.10 Å². The average molecular weight is 195 g/mol. The molecule has 0 fully saturated rings. The molecule has 0 aromatic carbocycles. The Labute approximate surface area is 84.3 Å². The van der Waals surface area contributed by atoms with Crippen LogP contribution in [0.4, 0.5) is 0 Å². The standard InChI is InChI=1S/C10H17N3O/c1-2-3-4-5-6-7-13-8-10(9-14)11-12-13/h8-9H,2-7H2,1H3. The molecule has 0 aliphatic carbocycles. The van der Waals surface area contributed by atoms with Crippen molar-refractivity contribution >= 4 is 6.29 Å². The number of unbranched alkanes of at least 4 members (excludes halogenated alkanes) is 4. The zero-order chi connectivity index (χ0) is 10.2. The molecular formula is C10H17N3O. The van der Waals surface area contributed by atoms with E-state index in [0.717, 1.165) is 19.3 Å². The molecule has 0 bridgehead atoms. The second-order valence-corrected chi connectivity index (χ2v) is 3.44. The molecule has 0 aliphatic rings. The van der Waals surface area contributed by atoms with E-state index in [0.29, 0.717) is 5.69 Å². The van der Waals surface area contributed by atoms with E-state index in [1.165, 1.54) is 25.7 Å². The summed E-state index contributed by atoms with van der Waals surface area (Å²) in [6, 6.07) is 0. The van der Waals surface area contributed by atoms with Crippen molar-refractivity contribution < 1.29 is 4.79 Å². The van der Waals surface area contributed by atoms with Crippen molar-refractivity contribution in [3.63, 3.8) is 0 Å². The molecule has 14 heavy (non-hydrogen) atoms. The minimum absolute atomic E-state index is 0.415. The molecule has 1 aromatic rings. The van der Waals surface area contributed by atoms with Gasteiger partial charge in [-0.25, -0.2) is 0 Å². The molecule has 0 spiro atoms. The van der Waals surface area contributed by atoms with E-state index in [4.69, 9.17) is 0 Å². The quantitative estimate of drug-likeness (QED) is 0.494. The summed E-state index contributed by atoms with van der Waals surface area (Å²) in [6.45, 7) is 3.07. The number of nitrogens with zero attached hydrogens (tertiary/aromatic N) is 3. The summed E-state index contributed by atoms with van der Waals surface area (Å²) in [6.07, 6.45) is 8.60. The van der Waals surface area contributed by atoms with Crippen molar-refractivity contribution in [3.05, 3.63) is 11.9 Å². The zero-order valence-corrected chi connectivity index (χ0v) is 8.65. The summed E-state index contributed by atoms with van der Waals surface area (Å²) in [5.74, 6) is 0. The third kappa shape index (κ3) is 3.68. The van der Waals surface area contributed by atoms with Gasteiger partial charge in [-0.05, 0) is 6.42 Å². The number of hydrogen-bond donors (Lipinski definition) is 0. The number of hydrogen-bond acceptors (Lipinski definition) is 3. The molecule has 0 saturated heterocycles. The maximum atomic E-state index is 10.3. The summed E-state index contributed by atoms with van der Waals surface area (Å²) in [4.78, 5) is 10.3. The van der Waals surface area contributed by atoms with Gasteiger partial charge in [-0.1, -0.05) is 37.8 Å². The van der Waals surface area contributed by atoms with Gasteiger partial charge in [0.2, 0.25) is 0 Å². The van der Waals surface area contributed by atoms with Crippen LogP contribution >= 0.6 is 0 Å². The van der Waals surface area contributed by atoms with E-state index in [9.17, 15) is 4.79 Å². The van der Waals surface area contributed by atoms with Crippen molar-refractivity contribution in [2.75, 3.05) is 0 Å². The van der Waals surface area contributed by atoms with Crippen LogP contribution in [-0.4, -0.2) is 21.3 Å². The molecular weight excluding hydrogens is 178 g/mol. The molecule has 1 aromatic heterocycles. The van der Waals surface area contributed by atoms with Gasteiger partial charge in [0.15, 0.2) is 6.29 Å². The van der Waals surface area contributed by atoms with Crippen LogP contribution in [0.1, 0.15) is 49.5 Å². The first-order valence-electron chi connectivity index (χ1n) is 5.22. The highest BCUT2D eigenvalue weighted by molar-refractivity contribution is 5.70. The summed E-state index contributed by atoms with van der Waals surface area (Å²) in [5, 5.41) is 7.53. The lowest BCUT2D eigenvalue weighted by molar-refractivity contribution is 0.111. The molecule has 0 N–H and O–H groups in total. The average Bonchev–Trinajstić information content (AvgIpc) is 2.65. The monoisotopic (exact) mass is 195 g/mol. The van der Waals surface area contributed by atoms with Crippen LogP contribution in [0, 0.1) is 0 Å². The van der Waals surface area contributed by atoms with Crippen molar-refractivity contribution in [3.8, 4) is 0 Å². The van der Waals surface area contributed by atoms with Crippen molar-refractivity contribution in [1.82, 2.24) is 15.0 Å². The molecule has 0 unspecified atom stereocenters. The summed E-state index contributed by atoms with van der Waals surface area (Å²) < 4.78 is 1.73. The van der Waals surface area contributed by atoms with Crippen LogP contribution in [0.15, 0.2) is 6.20 Å². The third-order valence-electron chi connectivity index (χ3n) is 2.17. The number of carbonyl (C=O) groups excluding carboxylic acids is 1. The van der Waals surface area contributed by atoms with Gasteiger partial charge in [-0.2, -0.15) is 0 Å². The second kappa shape index (κ2) is 6.29. The lowest BCUT2D eigenvalue weighted by atomic mass is 10.1. The fourth-order valence-corrected chi connectivity index (χ4v) is 1.35. The van der Waals surface area contributed by atoms with Gasteiger partial charge in [0.25, 0.3) is 0 Å². The fourth-order valence-electron chi connectivity index (χ4n) is 1.35. The molecule has 0 saturated carbocycles. The van der Waals surface area contributed by atoms with E-state index in [-0.39, 0.29) is 0 Å². The Kier molecular flexibility index (Phi) is 4.89. The van der Waals surface area contributed by atoms with Crippen molar-refractivity contribution in [1.29, 1.82) is 0 Å². The van der Waals surface area contributed by atoms with Crippen LogP contribution in [0.5, 0.6) is 0 Å². The van der Waals surface area contributed by atoms with E-state index in [1.807, 2.05) is 0 Å². The topological polar surface area (TPSA) is 47.8 Å². The molecule has 0 amide bonds. The predicted octanol–water partition coefficient (Wildman–Crippen LogP) is 2.06. The van der Waals surface area contributed by atoms with E-state index in [1.54, 1.807) is 10.9 Å². The smallest absolute Gasteiger partial charge is 0.171 e. The molecule has 78 valence electrons. The predicted molar refractivity (Wildman–Crippen MR) is 54.2 cm³/mol. The third-order valence-corrected chi connectivity index (χ3v) is 2.17. The molecule has 0 atom stereocenters. The highest BCUT2D eigenvalue weighted by atomic mass is 16.1. The maximum absolute atomic E-state index is 10.3. The van der Waals surface area contributed by atoms with E-state index >= 15 is 0 Å². The molecule has 4 nitrogen and oxygen atoms in total. The SMILES string of the molecule is CCCCCCCn1cc(C=O)nn1. The van der Waals surface area contributed by atoms with Gasteiger partial charge in [0, 0.05) is 6.54 Å². The van der Waals surface area contributed by atoms with Gasteiger partial charge < -0.3 is 0 Å². The van der Waals surface area contributed by atoms with Gasteiger partial charge >= 0.3 is 0 Å². The Balaban J connectivity index is 2.14. The van der Waals surface area contributed by atoms with Gasteiger partial charge in [0.05, 0.1) is 6.20 Å². The summed E-state index contributed by atoms with van der Waals surface area (Å²) >= 11 is 0. The minimum atomic E-state index is 0.415. The Morgan fingerprint density at radius 1 is 1.36 bits per heavy atom. The van der Waals surface area contributed by atoms with Crippen LogP contribution in [-0.2, 0) is 6.54 Å². The van der Waals surface area contributed by atoms with Crippen LogP contribution < -0.4 is 0 Å². The molecule has 4 heteroatoms. The van der Waals surface area contributed by atoms with E-state index in [2.05, 4.69) is 17.2 Å². The first-order chi connectivity index (χ1) is 6.86. The van der Waals surface area contributed by atoms with E-state index < -0.39 is 0 Å². The zero-order valence-electron chi connectivity index (χ0n) is 8.65. The molecule has 1 rings (SSSR count). The second-order valence-electron chi connectivity index (χ2n) is 3.44. The van der Waals surface area contributed by atoms with Crippen LogP contribution in [0.2, 0.25) is 0 Å². The number of rotatable bonds is 7. The highest BCUT2D eigenvalue weighted by Crippen LogP contribution is 2.03. The lowest BCUT2D eigenvalue weighted by Gasteiger charge is -1.99. The Morgan fingerprint density at radius 3 is 2.79 bits per heavy atom. The highest BCUT2D eigenvalue weighted by Gasteiger charge is 1.97. The molecule has 1 heterocycles. The number of aryl methyl sites for hydroxylation is 1. The lowest BCUT2D eigenvalue weighted by Crippen LogP contribution is -1.98. The number of carbonyl (C=O) groups is 1. The summed E-state index contributed by atoms with van der Waals surface area (Å²) in [7, 11) is 0. The first-order valence-corrected chi connectivity index (χ1v) is 5.22. The van der Waals surface area contributed by atoms with Crippen LogP contribution in [0.25, 0.3) is 0 Å². The number of aldehydes is 1. The fraction of sp³-hybridized carbons (Fsp3) is 0.700. The largest absolute Gasteiger partial charge is 0.296 e. The van der Waals surface area contributed by atoms with Gasteiger partial charge in [-0.3, -0.25) is 9.48 Å². The Bertz CT molecular complexity index is 270. The minimum Gasteiger partial charge on any atom is -0.296 e. The molecule has 0 aliphatic heterocycles. The first kappa shape index (κ1) is 10.9. The van der Waals surface area contributed by atoms with Crippen molar-refractivity contribution in [2.24, 2.45) is 0 Å². The number of aromatic nitrogens is 3. The van der Waals surface area contributed by atoms with Crippen molar-refractivity contribution in [2.45, 2.75) is 45.6 Å². The Morgan fingerprint density at radius 2 is 2.14 bits per heavy atom. The normalized spacial score (nSPS) is 10.4. The molecule has 0 radical (unpaired) electrons.